The van der Waals surface area contributed by atoms with Crippen molar-refractivity contribution >= 4 is 21.9 Å². The fourth-order valence-corrected chi connectivity index (χ4v) is 3.98. The highest BCUT2D eigenvalue weighted by molar-refractivity contribution is 7.89. The van der Waals surface area contributed by atoms with Crippen molar-refractivity contribution in [3.63, 3.8) is 0 Å². The summed E-state index contributed by atoms with van der Waals surface area (Å²) in [6, 6.07) is 6.04. The minimum absolute atomic E-state index is 0.107. The Labute approximate surface area is 135 Å². The number of carbonyl (C=O) groups excluding carboxylic acids is 2. The number of piperazine rings is 1. The van der Waals surface area contributed by atoms with E-state index in [1.165, 1.54) is 23.4 Å². The van der Waals surface area contributed by atoms with Gasteiger partial charge in [0.05, 0.1) is 18.0 Å². The molecule has 1 aliphatic heterocycles. The maximum atomic E-state index is 12.8. The van der Waals surface area contributed by atoms with E-state index in [0.717, 1.165) is 5.56 Å². The maximum absolute atomic E-state index is 12.8. The SMILES string of the molecule is CC(=O)OCCC1CNC(=O)CN1S(=O)(=O)c1ccc(C)cc1. The lowest BCUT2D eigenvalue weighted by molar-refractivity contribution is -0.141. The Morgan fingerprint density at radius 3 is 2.61 bits per heavy atom. The van der Waals surface area contributed by atoms with Crippen LogP contribution in [0.4, 0.5) is 0 Å². The van der Waals surface area contributed by atoms with Gasteiger partial charge in [0.15, 0.2) is 0 Å². The molecule has 1 unspecified atom stereocenters. The number of carbonyl (C=O) groups is 2. The summed E-state index contributed by atoms with van der Waals surface area (Å²) in [6.45, 7) is 3.23. The molecule has 8 heteroatoms. The number of hydrogen-bond donors (Lipinski definition) is 1. The van der Waals surface area contributed by atoms with Crippen LogP contribution in [0.5, 0.6) is 0 Å². The Morgan fingerprint density at radius 2 is 2.00 bits per heavy atom. The fourth-order valence-electron chi connectivity index (χ4n) is 2.37. The van der Waals surface area contributed by atoms with E-state index in [4.69, 9.17) is 4.74 Å². The first-order chi connectivity index (χ1) is 10.8. The molecule has 7 nitrogen and oxygen atoms in total. The molecule has 1 N–H and O–H groups in total. The Balaban J connectivity index is 2.21. The number of benzene rings is 1. The van der Waals surface area contributed by atoms with Gasteiger partial charge in [-0.05, 0) is 25.5 Å². The first kappa shape index (κ1) is 17.4. The second-order valence-corrected chi connectivity index (χ2v) is 7.34. The molecule has 126 valence electrons. The minimum atomic E-state index is -3.78. The molecule has 0 saturated carbocycles. The molecule has 1 atom stereocenters. The Kier molecular flexibility index (Phi) is 5.38. The number of amides is 1. The van der Waals surface area contributed by atoms with Crippen LogP contribution in [0.2, 0.25) is 0 Å². The van der Waals surface area contributed by atoms with Gasteiger partial charge >= 0.3 is 5.97 Å². The Bertz CT molecular complexity index is 684. The predicted octanol–water partition coefficient (Wildman–Crippen LogP) is 0.437. The topological polar surface area (TPSA) is 92.8 Å². The van der Waals surface area contributed by atoms with Gasteiger partial charge in [-0.1, -0.05) is 17.7 Å². The average molecular weight is 340 g/mol. The fraction of sp³-hybridized carbons (Fsp3) is 0.467. The van der Waals surface area contributed by atoms with Crippen LogP contribution in [0.25, 0.3) is 0 Å². The third-order valence-corrected chi connectivity index (χ3v) is 5.54. The van der Waals surface area contributed by atoms with Crippen LogP contribution in [-0.2, 0) is 24.3 Å². The lowest BCUT2D eigenvalue weighted by atomic mass is 10.2. The molecule has 1 aromatic carbocycles. The van der Waals surface area contributed by atoms with Gasteiger partial charge in [0.1, 0.15) is 0 Å². The minimum Gasteiger partial charge on any atom is -0.466 e. The van der Waals surface area contributed by atoms with E-state index in [9.17, 15) is 18.0 Å². The standard InChI is InChI=1S/C15H20N2O5S/c1-11-3-5-14(6-4-11)23(20,21)17-10-15(19)16-9-13(17)7-8-22-12(2)18/h3-6,13H,7-10H2,1-2H3,(H,16,19). The lowest BCUT2D eigenvalue weighted by Crippen LogP contribution is -2.56. The third kappa shape index (κ3) is 4.29. The summed E-state index contributed by atoms with van der Waals surface area (Å²) in [7, 11) is -3.78. The predicted molar refractivity (Wildman–Crippen MR) is 83.1 cm³/mol. The molecular formula is C15H20N2O5S. The van der Waals surface area contributed by atoms with E-state index < -0.39 is 22.0 Å². The quantitative estimate of drug-likeness (QED) is 0.785. The number of ether oxygens (including phenoxy) is 1. The molecule has 1 amide bonds. The number of sulfonamides is 1. The molecule has 2 rings (SSSR count). The summed E-state index contributed by atoms with van der Waals surface area (Å²) in [6.07, 6.45) is 0.324. The molecule has 0 aliphatic carbocycles. The van der Waals surface area contributed by atoms with Crippen LogP contribution in [0.3, 0.4) is 0 Å². The molecule has 0 bridgehead atoms. The van der Waals surface area contributed by atoms with Crippen molar-refractivity contribution in [2.45, 2.75) is 31.2 Å². The van der Waals surface area contributed by atoms with E-state index >= 15 is 0 Å². The summed E-state index contributed by atoms with van der Waals surface area (Å²) >= 11 is 0. The van der Waals surface area contributed by atoms with Crippen LogP contribution in [-0.4, -0.2) is 50.3 Å². The monoisotopic (exact) mass is 340 g/mol. The Morgan fingerprint density at radius 1 is 1.35 bits per heavy atom. The van der Waals surface area contributed by atoms with Gasteiger partial charge in [-0.2, -0.15) is 4.31 Å². The largest absolute Gasteiger partial charge is 0.466 e. The zero-order valence-electron chi connectivity index (χ0n) is 13.1. The van der Waals surface area contributed by atoms with Crippen molar-refractivity contribution in [2.75, 3.05) is 19.7 Å². The highest BCUT2D eigenvalue weighted by atomic mass is 32.2. The number of rotatable bonds is 5. The highest BCUT2D eigenvalue weighted by Gasteiger charge is 2.36. The van der Waals surface area contributed by atoms with E-state index in [0.29, 0.717) is 6.42 Å². The second-order valence-electron chi connectivity index (χ2n) is 5.45. The number of esters is 1. The molecule has 1 fully saturated rings. The van der Waals surface area contributed by atoms with Crippen LogP contribution < -0.4 is 5.32 Å². The average Bonchev–Trinajstić information content (AvgIpc) is 2.48. The molecule has 0 radical (unpaired) electrons. The van der Waals surface area contributed by atoms with Crippen LogP contribution in [0.15, 0.2) is 29.2 Å². The van der Waals surface area contributed by atoms with Gasteiger partial charge in [0, 0.05) is 19.5 Å². The molecule has 1 aromatic rings. The summed E-state index contributed by atoms with van der Waals surface area (Å²) in [4.78, 5) is 22.6. The van der Waals surface area contributed by atoms with Gasteiger partial charge in [-0.25, -0.2) is 8.42 Å². The number of nitrogens with zero attached hydrogens (tertiary/aromatic N) is 1. The van der Waals surface area contributed by atoms with Crippen molar-refractivity contribution < 1.29 is 22.7 Å². The van der Waals surface area contributed by atoms with Gasteiger partial charge in [-0.3, -0.25) is 9.59 Å². The van der Waals surface area contributed by atoms with Crippen LogP contribution >= 0.6 is 0 Å². The smallest absolute Gasteiger partial charge is 0.302 e. The zero-order chi connectivity index (χ0) is 17.0. The molecule has 0 aromatic heterocycles. The molecule has 1 aliphatic rings. The number of nitrogens with one attached hydrogen (secondary N) is 1. The molecule has 1 saturated heterocycles. The van der Waals surface area contributed by atoms with Gasteiger partial charge in [0.2, 0.25) is 15.9 Å². The van der Waals surface area contributed by atoms with Crippen molar-refractivity contribution in [1.82, 2.24) is 9.62 Å². The number of hydrogen-bond acceptors (Lipinski definition) is 5. The molecule has 1 heterocycles. The lowest BCUT2D eigenvalue weighted by Gasteiger charge is -2.34. The third-order valence-electron chi connectivity index (χ3n) is 3.63. The summed E-state index contributed by atoms with van der Waals surface area (Å²) < 4.78 is 31.6. The van der Waals surface area contributed by atoms with Crippen LogP contribution in [0, 0.1) is 6.92 Å². The van der Waals surface area contributed by atoms with Crippen molar-refractivity contribution in [3.8, 4) is 0 Å². The van der Waals surface area contributed by atoms with E-state index in [1.807, 2.05) is 6.92 Å². The summed E-state index contributed by atoms with van der Waals surface area (Å²) in [5.74, 6) is -0.762. The normalized spacial score (nSPS) is 19.2. The molecule has 23 heavy (non-hydrogen) atoms. The number of aryl methyl sites for hydroxylation is 1. The van der Waals surface area contributed by atoms with Gasteiger partial charge in [0.25, 0.3) is 0 Å². The summed E-state index contributed by atoms with van der Waals surface area (Å²) in [5.41, 5.74) is 0.951. The van der Waals surface area contributed by atoms with Crippen molar-refractivity contribution in [3.05, 3.63) is 29.8 Å². The summed E-state index contributed by atoms with van der Waals surface area (Å²) in [5, 5.41) is 2.65. The van der Waals surface area contributed by atoms with E-state index in [-0.39, 0.29) is 30.5 Å². The van der Waals surface area contributed by atoms with Crippen molar-refractivity contribution in [2.24, 2.45) is 0 Å². The molecule has 0 spiro atoms. The van der Waals surface area contributed by atoms with E-state index in [1.54, 1.807) is 12.1 Å². The Hall–Kier alpha value is -1.93. The van der Waals surface area contributed by atoms with Crippen LogP contribution in [0.1, 0.15) is 18.9 Å². The first-order valence-corrected chi connectivity index (χ1v) is 8.73. The first-order valence-electron chi connectivity index (χ1n) is 7.29. The zero-order valence-corrected chi connectivity index (χ0v) is 13.9. The highest BCUT2D eigenvalue weighted by Crippen LogP contribution is 2.21. The van der Waals surface area contributed by atoms with Gasteiger partial charge < -0.3 is 10.1 Å². The maximum Gasteiger partial charge on any atom is 0.302 e. The van der Waals surface area contributed by atoms with Gasteiger partial charge in [-0.15, -0.1) is 0 Å². The van der Waals surface area contributed by atoms with Crippen molar-refractivity contribution in [1.29, 1.82) is 0 Å². The van der Waals surface area contributed by atoms with E-state index in [2.05, 4.69) is 5.32 Å². The molecular weight excluding hydrogens is 320 g/mol. The second kappa shape index (κ2) is 7.10.